The van der Waals surface area contributed by atoms with Gasteiger partial charge >= 0.3 is 0 Å². The summed E-state index contributed by atoms with van der Waals surface area (Å²) in [4.78, 5) is 4.51. The highest BCUT2D eigenvalue weighted by Gasteiger charge is 1.99. The minimum Gasteiger partial charge on any atom is -0.261 e. The molecule has 0 saturated heterocycles. The molecule has 0 amide bonds. The standard InChI is InChI=1S/C15H15N/c1-2-4-9-13-16-15(12-8-3-1)14-10-6-5-7-11-14/h1-3,5-11,13H,4,12H2/b2-1-,8-3-,13-9-,16-15?. The molecule has 0 saturated carbocycles. The van der Waals surface area contributed by atoms with E-state index in [2.05, 4.69) is 47.5 Å². The van der Waals surface area contributed by atoms with Gasteiger partial charge in [-0.25, -0.2) is 0 Å². The fourth-order valence-electron chi connectivity index (χ4n) is 1.57. The molecule has 0 unspecified atom stereocenters. The van der Waals surface area contributed by atoms with Gasteiger partial charge in [0.2, 0.25) is 0 Å². The molecule has 0 aromatic heterocycles. The van der Waals surface area contributed by atoms with Crippen molar-refractivity contribution < 1.29 is 0 Å². The van der Waals surface area contributed by atoms with Crippen molar-refractivity contribution in [3.05, 3.63) is 72.5 Å². The summed E-state index contributed by atoms with van der Waals surface area (Å²) in [6.45, 7) is 0. The van der Waals surface area contributed by atoms with E-state index >= 15 is 0 Å². The Bertz CT molecular complexity index is 436. The van der Waals surface area contributed by atoms with Crippen molar-refractivity contribution in [2.24, 2.45) is 4.99 Å². The Morgan fingerprint density at radius 1 is 0.875 bits per heavy atom. The van der Waals surface area contributed by atoms with E-state index in [4.69, 9.17) is 0 Å². The van der Waals surface area contributed by atoms with E-state index in [-0.39, 0.29) is 0 Å². The van der Waals surface area contributed by atoms with Gasteiger partial charge in [0.05, 0.1) is 5.71 Å². The summed E-state index contributed by atoms with van der Waals surface area (Å²) < 4.78 is 0. The molecule has 0 aliphatic carbocycles. The minimum absolute atomic E-state index is 0.874. The van der Waals surface area contributed by atoms with Gasteiger partial charge in [-0.1, -0.05) is 60.7 Å². The number of hydrogen-bond donors (Lipinski definition) is 0. The summed E-state index contributed by atoms with van der Waals surface area (Å²) in [5.74, 6) is 0. The molecule has 1 aliphatic rings. The topological polar surface area (TPSA) is 12.4 Å². The van der Waals surface area contributed by atoms with Crippen LogP contribution in [0.25, 0.3) is 0 Å². The van der Waals surface area contributed by atoms with Crippen LogP contribution in [-0.2, 0) is 0 Å². The second-order valence-corrected chi connectivity index (χ2v) is 3.62. The maximum absolute atomic E-state index is 4.51. The van der Waals surface area contributed by atoms with Crippen LogP contribution in [0.15, 0.2) is 71.9 Å². The van der Waals surface area contributed by atoms with Crippen LogP contribution >= 0.6 is 0 Å². The Balaban J connectivity index is 2.24. The summed E-state index contributed by atoms with van der Waals surface area (Å²) in [6, 6.07) is 10.3. The van der Waals surface area contributed by atoms with Crippen LogP contribution in [0, 0.1) is 0 Å². The van der Waals surface area contributed by atoms with Crippen LogP contribution in [-0.4, -0.2) is 5.71 Å². The molecule has 0 spiro atoms. The smallest absolute Gasteiger partial charge is 0.0513 e. The first kappa shape index (κ1) is 10.6. The Kier molecular flexibility index (Phi) is 3.89. The molecule has 0 N–H and O–H groups in total. The Morgan fingerprint density at radius 2 is 1.69 bits per heavy atom. The molecular formula is C15H15N. The number of aliphatic imine (C=N–C) groups is 1. The van der Waals surface area contributed by atoms with E-state index in [9.17, 15) is 0 Å². The molecule has 2 rings (SSSR count). The van der Waals surface area contributed by atoms with Gasteiger partial charge in [-0.05, 0) is 12.0 Å². The molecule has 80 valence electrons. The molecular weight excluding hydrogens is 194 g/mol. The number of benzene rings is 1. The molecule has 1 aromatic rings. The zero-order valence-corrected chi connectivity index (χ0v) is 9.21. The van der Waals surface area contributed by atoms with Crippen molar-refractivity contribution in [3.8, 4) is 0 Å². The molecule has 1 heterocycles. The van der Waals surface area contributed by atoms with Crippen molar-refractivity contribution >= 4 is 5.71 Å². The van der Waals surface area contributed by atoms with Gasteiger partial charge in [-0.3, -0.25) is 4.99 Å². The average molecular weight is 209 g/mol. The first-order valence-electron chi connectivity index (χ1n) is 5.55. The van der Waals surface area contributed by atoms with Gasteiger partial charge < -0.3 is 0 Å². The van der Waals surface area contributed by atoms with E-state index in [0.29, 0.717) is 0 Å². The highest BCUT2D eigenvalue weighted by atomic mass is 14.7. The van der Waals surface area contributed by atoms with Gasteiger partial charge in [0.25, 0.3) is 0 Å². The predicted octanol–water partition coefficient (Wildman–Crippen LogP) is 3.90. The monoisotopic (exact) mass is 209 g/mol. The fraction of sp³-hybridized carbons (Fsp3) is 0.133. The summed E-state index contributed by atoms with van der Waals surface area (Å²) in [6.07, 6.45) is 14.2. The molecule has 0 radical (unpaired) electrons. The first-order valence-corrected chi connectivity index (χ1v) is 5.55. The minimum atomic E-state index is 0.874. The largest absolute Gasteiger partial charge is 0.261 e. The molecule has 16 heavy (non-hydrogen) atoms. The molecule has 0 bridgehead atoms. The van der Waals surface area contributed by atoms with Crippen LogP contribution in [0.1, 0.15) is 18.4 Å². The highest BCUT2D eigenvalue weighted by Crippen LogP contribution is 2.07. The lowest BCUT2D eigenvalue weighted by Gasteiger charge is -2.02. The van der Waals surface area contributed by atoms with Crippen molar-refractivity contribution in [2.75, 3.05) is 0 Å². The van der Waals surface area contributed by atoms with E-state index in [0.717, 1.165) is 18.6 Å². The Morgan fingerprint density at radius 3 is 2.56 bits per heavy atom. The van der Waals surface area contributed by atoms with Gasteiger partial charge in [0.15, 0.2) is 0 Å². The van der Waals surface area contributed by atoms with E-state index in [1.807, 2.05) is 24.4 Å². The molecule has 1 nitrogen and oxygen atoms in total. The third kappa shape index (κ3) is 3.06. The van der Waals surface area contributed by atoms with Gasteiger partial charge in [-0.2, -0.15) is 0 Å². The van der Waals surface area contributed by atoms with Crippen molar-refractivity contribution in [3.63, 3.8) is 0 Å². The van der Waals surface area contributed by atoms with Crippen LogP contribution in [0.2, 0.25) is 0 Å². The zero-order valence-electron chi connectivity index (χ0n) is 9.21. The second-order valence-electron chi connectivity index (χ2n) is 3.62. The SMILES string of the molecule is C1=C\C/C=C\N=C(c2ccccc2)C\C=C/1. The van der Waals surface area contributed by atoms with Gasteiger partial charge in [0.1, 0.15) is 0 Å². The van der Waals surface area contributed by atoms with Crippen LogP contribution in [0.4, 0.5) is 0 Å². The maximum Gasteiger partial charge on any atom is 0.0513 e. The van der Waals surface area contributed by atoms with Gasteiger partial charge in [-0.15, -0.1) is 0 Å². The summed E-state index contributed by atoms with van der Waals surface area (Å²) in [5, 5.41) is 0. The van der Waals surface area contributed by atoms with E-state index in [1.54, 1.807) is 0 Å². The number of nitrogens with zero attached hydrogens (tertiary/aromatic N) is 1. The Labute approximate surface area is 96.5 Å². The average Bonchev–Trinajstić information content (AvgIpc) is 2.37. The maximum atomic E-state index is 4.51. The van der Waals surface area contributed by atoms with Crippen LogP contribution < -0.4 is 0 Å². The van der Waals surface area contributed by atoms with E-state index < -0.39 is 0 Å². The fourth-order valence-corrected chi connectivity index (χ4v) is 1.57. The molecule has 0 atom stereocenters. The lowest BCUT2D eigenvalue weighted by Crippen LogP contribution is -1.98. The molecule has 1 aliphatic heterocycles. The van der Waals surface area contributed by atoms with Crippen molar-refractivity contribution in [1.82, 2.24) is 0 Å². The van der Waals surface area contributed by atoms with E-state index in [1.165, 1.54) is 5.56 Å². The van der Waals surface area contributed by atoms with Crippen molar-refractivity contribution in [2.45, 2.75) is 12.8 Å². The quantitative estimate of drug-likeness (QED) is 0.665. The summed E-state index contributed by atoms with van der Waals surface area (Å²) >= 11 is 0. The number of rotatable bonds is 1. The third-order valence-electron chi connectivity index (χ3n) is 2.41. The molecule has 0 fully saturated rings. The molecule has 1 aromatic carbocycles. The lowest BCUT2D eigenvalue weighted by atomic mass is 10.1. The first-order chi connectivity index (χ1) is 7.97. The van der Waals surface area contributed by atoms with Gasteiger partial charge in [0, 0.05) is 12.6 Å². The summed E-state index contributed by atoms with van der Waals surface area (Å²) in [5.41, 5.74) is 2.31. The third-order valence-corrected chi connectivity index (χ3v) is 2.41. The Hall–Kier alpha value is -1.89. The molecule has 1 heteroatoms. The number of hydrogen-bond acceptors (Lipinski definition) is 1. The lowest BCUT2D eigenvalue weighted by molar-refractivity contribution is 1.32. The summed E-state index contributed by atoms with van der Waals surface area (Å²) in [7, 11) is 0. The predicted molar refractivity (Wildman–Crippen MR) is 69.6 cm³/mol. The number of allylic oxidation sites excluding steroid dienone is 5. The van der Waals surface area contributed by atoms with Crippen LogP contribution in [0.5, 0.6) is 0 Å². The zero-order chi connectivity index (χ0) is 11.1. The van der Waals surface area contributed by atoms with Crippen LogP contribution in [0.3, 0.4) is 0 Å². The second kappa shape index (κ2) is 5.86. The van der Waals surface area contributed by atoms with Crippen molar-refractivity contribution in [1.29, 1.82) is 0 Å². The normalized spacial score (nSPS) is 21.9. The highest BCUT2D eigenvalue weighted by molar-refractivity contribution is 6.01.